The van der Waals surface area contributed by atoms with Crippen LogP contribution in [-0.4, -0.2) is 49.8 Å². The number of amides is 2. The number of thiophene rings is 1. The number of sulfonamides is 1. The van der Waals surface area contributed by atoms with E-state index in [4.69, 9.17) is 11.1 Å². The van der Waals surface area contributed by atoms with Crippen molar-refractivity contribution >= 4 is 38.9 Å². The van der Waals surface area contributed by atoms with E-state index in [0.29, 0.717) is 22.7 Å². The maximum atomic E-state index is 13.7. The highest BCUT2D eigenvalue weighted by Crippen LogP contribution is 2.29. The zero-order valence-corrected chi connectivity index (χ0v) is 20.9. The van der Waals surface area contributed by atoms with Gasteiger partial charge in [-0.2, -0.15) is 4.31 Å². The fourth-order valence-electron chi connectivity index (χ4n) is 4.89. The molecule has 4 rings (SSSR count). The molecule has 2 aliphatic rings. The molecule has 10 heteroatoms. The Morgan fingerprint density at radius 3 is 2.53 bits per heavy atom. The van der Waals surface area contributed by atoms with Crippen molar-refractivity contribution in [1.82, 2.24) is 9.62 Å². The van der Waals surface area contributed by atoms with Gasteiger partial charge in [0.2, 0.25) is 0 Å². The summed E-state index contributed by atoms with van der Waals surface area (Å²) in [6.07, 6.45) is 7.72. The molecule has 2 fully saturated rings. The van der Waals surface area contributed by atoms with Crippen molar-refractivity contribution in [2.75, 3.05) is 18.0 Å². The molecule has 1 aliphatic heterocycles. The lowest BCUT2D eigenvalue weighted by molar-refractivity contribution is 0.228. The Hall–Kier alpha value is -2.43. The first-order valence-corrected chi connectivity index (χ1v) is 14.3. The van der Waals surface area contributed by atoms with Gasteiger partial charge in [0, 0.05) is 36.4 Å². The second-order valence-electron chi connectivity index (χ2n) is 9.06. The second-order valence-corrected chi connectivity index (χ2v) is 12.2. The molecule has 1 aromatic heterocycles. The molecule has 184 valence electrons. The minimum absolute atomic E-state index is 0.0372. The van der Waals surface area contributed by atoms with Crippen molar-refractivity contribution in [1.29, 1.82) is 5.41 Å². The van der Waals surface area contributed by atoms with Crippen LogP contribution in [0.5, 0.6) is 0 Å². The van der Waals surface area contributed by atoms with Crippen molar-refractivity contribution in [2.45, 2.75) is 67.7 Å². The third-order valence-electron chi connectivity index (χ3n) is 6.64. The second kappa shape index (κ2) is 10.9. The fourth-order valence-corrected chi connectivity index (χ4v) is 7.56. The molecule has 1 aliphatic carbocycles. The third-order valence-corrected chi connectivity index (χ3v) is 9.88. The number of hydrogen-bond donors (Lipinski definition) is 3. The summed E-state index contributed by atoms with van der Waals surface area (Å²) < 4.78 is 27.8. The Bertz CT molecular complexity index is 1100. The molecule has 0 spiro atoms. The molecule has 34 heavy (non-hydrogen) atoms. The molecule has 1 saturated carbocycles. The van der Waals surface area contributed by atoms with Crippen LogP contribution in [0, 0.1) is 5.41 Å². The highest BCUT2D eigenvalue weighted by molar-refractivity contribution is 7.91. The van der Waals surface area contributed by atoms with E-state index < -0.39 is 10.0 Å². The molecule has 1 unspecified atom stereocenters. The number of nitrogens with zero attached hydrogens (tertiary/aromatic N) is 2. The number of piperidine rings is 1. The summed E-state index contributed by atoms with van der Waals surface area (Å²) in [5, 5.41) is 12.7. The van der Waals surface area contributed by atoms with Crippen molar-refractivity contribution in [3.05, 3.63) is 47.3 Å². The molecule has 2 amide bonds. The molecule has 1 atom stereocenters. The number of carbonyl (C=O) groups is 1. The lowest BCUT2D eigenvalue weighted by atomic mass is 10.0. The van der Waals surface area contributed by atoms with Gasteiger partial charge in [0.05, 0.1) is 0 Å². The zero-order valence-electron chi connectivity index (χ0n) is 19.3. The fraction of sp³-hybridized carbons (Fsp3) is 0.500. The average Bonchev–Trinajstić information content (AvgIpc) is 3.25. The minimum Gasteiger partial charge on any atom is -0.384 e. The Kier molecular flexibility index (Phi) is 7.90. The van der Waals surface area contributed by atoms with Crippen molar-refractivity contribution in [3.63, 3.8) is 0 Å². The number of benzene rings is 1. The van der Waals surface area contributed by atoms with Gasteiger partial charge in [-0.1, -0.05) is 43.9 Å². The molecule has 8 nitrogen and oxygen atoms in total. The first-order chi connectivity index (χ1) is 16.4. The van der Waals surface area contributed by atoms with Gasteiger partial charge in [0.1, 0.15) is 10.0 Å². The summed E-state index contributed by atoms with van der Waals surface area (Å²) in [6.45, 7) is 0.720. The van der Waals surface area contributed by atoms with E-state index in [1.165, 1.54) is 15.6 Å². The number of urea groups is 1. The SMILES string of the molecule is N=C(N)c1cccc(N(C(=O)NC2CCCN(S(=O)(=O)c3cccs3)C2)C2CCCCCC2)c1. The van der Waals surface area contributed by atoms with Gasteiger partial charge in [0.15, 0.2) is 0 Å². The van der Waals surface area contributed by atoms with E-state index in [-0.39, 0.29) is 30.5 Å². The topological polar surface area (TPSA) is 120 Å². The van der Waals surface area contributed by atoms with Gasteiger partial charge >= 0.3 is 6.03 Å². The number of rotatable bonds is 6. The summed E-state index contributed by atoms with van der Waals surface area (Å²) in [4.78, 5) is 15.5. The van der Waals surface area contributed by atoms with Crippen molar-refractivity contribution in [2.24, 2.45) is 5.73 Å². The standard InChI is InChI=1S/C24H33N5O3S2/c25-23(26)18-8-5-12-21(16-18)29(20-10-3-1-2-4-11-20)24(30)27-19-9-6-14-28(17-19)34(31,32)22-13-7-15-33-22/h5,7-8,12-13,15-16,19-20H,1-4,6,9-11,14,17H2,(H3,25,26)(H,27,30). The maximum Gasteiger partial charge on any atom is 0.322 e. The minimum atomic E-state index is -3.55. The van der Waals surface area contributed by atoms with E-state index >= 15 is 0 Å². The summed E-state index contributed by atoms with van der Waals surface area (Å²) in [7, 11) is -3.55. The van der Waals surface area contributed by atoms with Crippen LogP contribution in [0.1, 0.15) is 56.9 Å². The molecule has 4 N–H and O–H groups in total. The van der Waals surface area contributed by atoms with Crippen molar-refractivity contribution < 1.29 is 13.2 Å². The highest BCUT2D eigenvalue weighted by atomic mass is 32.2. The van der Waals surface area contributed by atoms with Crippen LogP contribution in [0.2, 0.25) is 0 Å². The average molecular weight is 504 g/mol. The van der Waals surface area contributed by atoms with E-state index in [2.05, 4.69) is 5.32 Å². The van der Waals surface area contributed by atoms with Gasteiger partial charge in [-0.15, -0.1) is 11.3 Å². The Morgan fingerprint density at radius 2 is 1.85 bits per heavy atom. The van der Waals surface area contributed by atoms with Crippen LogP contribution in [0.25, 0.3) is 0 Å². The Morgan fingerprint density at radius 1 is 1.09 bits per heavy atom. The lowest BCUT2D eigenvalue weighted by Gasteiger charge is -2.36. The molecular formula is C24H33N5O3S2. The summed E-state index contributed by atoms with van der Waals surface area (Å²) in [5.41, 5.74) is 7.01. The smallest absolute Gasteiger partial charge is 0.322 e. The van der Waals surface area contributed by atoms with Crippen LogP contribution < -0.4 is 16.0 Å². The van der Waals surface area contributed by atoms with E-state index in [9.17, 15) is 13.2 Å². The molecule has 0 radical (unpaired) electrons. The van der Waals surface area contributed by atoms with E-state index in [0.717, 1.165) is 50.6 Å². The Balaban J connectivity index is 1.54. The van der Waals surface area contributed by atoms with Crippen LogP contribution in [-0.2, 0) is 10.0 Å². The molecular weight excluding hydrogens is 470 g/mol. The number of amidine groups is 1. The summed E-state index contributed by atoms with van der Waals surface area (Å²) in [5.74, 6) is -0.0372. The van der Waals surface area contributed by atoms with E-state index in [1.54, 1.807) is 29.6 Å². The number of carbonyl (C=O) groups excluding carboxylic acids is 1. The van der Waals surface area contributed by atoms with Crippen LogP contribution in [0.4, 0.5) is 10.5 Å². The third kappa shape index (κ3) is 5.61. The largest absolute Gasteiger partial charge is 0.384 e. The molecule has 0 bridgehead atoms. The van der Waals surface area contributed by atoms with Gasteiger partial charge in [-0.25, -0.2) is 13.2 Å². The van der Waals surface area contributed by atoms with Crippen LogP contribution >= 0.6 is 11.3 Å². The molecule has 2 heterocycles. The van der Waals surface area contributed by atoms with Gasteiger partial charge < -0.3 is 11.1 Å². The summed E-state index contributed by atoms with van der Waals surface area (Å²) >= 11 is 1.21. The quantitative estimate of drug-likeness (QED) is 0.312. The van der Waals surface area contributed by atoms with E-state index in [1.807, 2.05) is 17.0 Å². The van der Waals surface area contributed by atoms with Crippen LogP contribution in [0.15, 0.2) is 46.0 Å². The predicted octanol–water partition coefficient (Wildman–Crippen LogP) is 4.12. The Labute approximate surface area is 205 Å². The van der Waals surface area contributed by atoms with Gasteiger partial charge in [-0.3, -0.25) is 10.3 Å². The number of nitrogen functional groups attached to an aromatic ring is 1. The highest BCUT2D eigenvalue weighted by Gasteiger charge is 2.33. The number of nitrogens with one attached hydrogen (secondary N) is 2. The molecule has 1 saturated heterocycles. The first-order valence-electron chi connectivity index (χ1n) is 11.9. The summed E-state index contributed by atoms with van der Waals surface area (Å²) in [6, 6.07) is 10.2. The monoisotopic (exact) mass is 503 g/mol. The van der Waals surface area contributed by atoms with Crippen molar-refractivity contribution in [3.8, 4) is 0 Å². The zero-order chi connectivity index (χ0) is 24.1. The normalized spacial score (nSPS) is 20.4. The maximum absolute atomic E-state index is 13.7. The number of anilines is 1. The van der Waals surface area contributed by atoms with Gasteiger partial charge in [0.25, 0.3) is 10.0 Å². The predicted molar refractivity (Wildman–Crippen MR) is 136 cm³/mol. The number of hydrogen-bond acceptors (Lipinski definition) is 5. The lowest BCUT2D eigenvalue weighted by Crippen LogP contribution is -2.54. The number of nitrogens with two attached hydrogens (primary N) is 1. The first kappa shape index (κ1) is 24.7. The molecule has 2 aromatic rings. The molecule has 1 aromatic carbocycles. The van der Waals surface area contributed by atoms with Crippen LogP contribution in [0.3, 0.4) is 0 Å². The van der Waals surface area contributed by atoms with Gasteiger partial charge in [-0.05, 0) is 49.3 Å².